The zero-order chi connectivity index (χ0) is 21.3. The predicted octanol–water partition coefficient (Wildman–Crippen LogP) is 3.20. The molecule has 2 aromatic heterocycles. The number of amides is 2. The summed E-state index contributed by atoms with van der Waals surface area (Å²) < 4.78 is 5.83. The van der Waals surface area contributed by atoms with Crippen molar-refractivity contribution in [1.82, 2.24) is 19.8 Å². The number of urea groups is 1. The van der Waals surface area contributed by atoms with Gasteiger partial charge in [-0.15, -0.1) is 0 Å². The number of rotatable bonds is 4. The van der Waals surface area contributed by atoms with E-state index in [1.807, 2.05) is 30.3 Å². The normalized spacial score (nSPS) is 18.0. The third-order valence-electron chi connectivity index (χ3n) is 5.17. The van der Waals surface area contributed by atoms with E-state index in [1.54, 1.807) is 31.0 Å². The first-order valence-electron chi connectivity index (χ1n) is 10.1. The summed E-state index contributed by atoms with van der Waals surface area (Å²) in [6.45, 7) is 8.22. The lowest BCUT2D eigenvalue weighted by Crippen LogP contribution is -2.57. The van der Waals surface area contributed by atoms with Crippen LogP contribution < -0.4 is 5.32 Å². The van der Waals surface area contributed by atoms with E-state index in [2.05, 4.69) is 27.1 Å². The first-order chi connectivity index (χ1) is 14.3. The predicted molar refractivity (Wildman–Crippen MR) is 115 cm³/mol. The Labute approximate surface area is 175 Å². The average molecular weight is 409 g/mol. The number of aliphatic hydroxyl groups is 1. The standard InChI is InChI=1S/C22H27N5O3/c1-15-13-26(10-11-27(15)14-22(2,3)29)21(28)24-16-7-8-17-19(12-16)30-20(25-17)18-6-4-5-9-23-18/h4-9,12,15,29H,10-11,13-14H2,1-3H3,(H,24,28). The van der Waals surface area contributed by atoms with Crippen LogP contribution in [0.4, 0.5) is 10.5 Å². The van der Waals surface area contributed by atoms with Gasteiger partial charge in [0.2, 0.25) is 5.89 Å². The lowest BCUT2D eigenvalue weighted by Gasteiger charge is -2.41. The highest BCUT2D eigenvalue weighted by atomic mass is 16.3. The quantitative estimate of drug-likeness (QED) is 0.687. The summed E-state index contributed by atoms with van der Waals surface area (Å²) in [4.78, 5) is 25.5. The van der Waals surface area contributed by atoms with Crippen LogP contribution in [0.5, 0.6) is 0 Å². The van der Waals surface area contributed by atoms with Crippen LogP contribution in [0.25, 0.3) is 22.7 Å². The molecule has 0 bridgehead atoms. The topological polar surface area (TPSA) is 94.7 Å². The van der Waals surface area contributed by atoms with E-state index in [9.17, 15) is 9.90 Å². The number of fused-ring (bicyclic) bond motifs is 1. The highest BCUT2D eigenvalue weighted by Crippen LogP contribution is 2.25. The third kappa shape index (κ3) is 4.60. The smallest absolute Gasteiger partial charge is 0.321 e. The van der Waals surface area contributed by atoms with Gasteiger partial charge in [-0.2, -0.15) is 0 Å². The molecule has 1 fully saturated rings. The molecule has 0 radical (unpaired) electrons. The Morgan fingerprint density at radius 2 is 2.13 bits per heavy atom. The number of hydrogen-bond acceptors (Lipinski definition) is 6. The number of nitrogens with zero attached hydrogens (tertiary/aromatic N) is 4. The van der Waals surface area contributed by atoms with Crippen molar-refractivity contribution in [1.29, 1.82) is 0 Å². The summed E-state index contributed by atoms with van der Waals surface area (Å²) in [6.07, 6.45) is 1.69. The number of oxazole rings is 1. The van der Waals surface area contributed by atoms with Gasteiger partial charge in [0.1, 0.15) is 11.2 Å². The van der Waals surface area contributed by atoms with E-state index in [4.69, 9.17) is 4.42 Å². The van der Waals surface area contributed by atoms with E-state index in [0.29, 0.717) is 48.0 Å². The van der Waals surface area contributed by atoms with Crippen LogP contribution in [0, 0.1) is 0 Å². The van der Waals surface area contributed by atoms with Crippen molar-refractivity contribution in [3.8, 4) is 11.6 Å². The van der Waals surface area contributed by atoms with Gasteiger partial charge in [-0.05, 0) is 45.0 Å². The van der Waals surface area contributed by atoms with Gasteiger partial charge in [-0.3, -0.25) is 9.88 Å². The zero-order valence-corrected chi connectivity index (χ0v) is 17.5. The number of piperazine rings is 1. The molecule has 1 atom stereocenters. The zero-order valence-electron chi connectivity index (χ0n) is 17.5. The molecule has 0 saturated carbocycles. The number of carbonyl (C=O) groups is 1. The van der Waals surface area contributed by atoms with E-state index in [-0.39, 0.29) is 12.1 Å². The van der Waals surface area contributed by atoms with E-state index in [0.717, 1.165) is 6.54 Å². The van der Waals surface area contributed by atoms with Crippen LogP contribution in [-0.2, 0) is 0 Å². The number of hydrogen-bond donors (Lipinski definition) is 2. The maximum atomic E-state index is 12.8. The molecule has 1 saturated heterocycles. The summed E-state index contributed by atoms with van der Waals surface area (Å²) in [5, 5.41) is 13.0. The van der Waals surface area contributed by atoms with Crippen molar-refractivity contribution in [3.63, 3.8) is 0 Å². The van der Waals surface area contributed by atoms with Gasteiger partial charge < -0.3 is 19.7 Å². The van der Waals surface area contributed by atoms with Crippen molar-refractivity contribution >= 4 is 22.8 Å². The second kappa shape index (κ2) is 8.04. The van der Waals surface area contributed by atoms with Gasteiger partial charge in [0.15, 0.2) is 5.58 Å². The maximum absolute atomic E-state index is 12.8. The summed E-state index contributed by atoms with van der Waals surface area (Å²) >= 11 is 0. The van der Waals surface area contributed by atoms with Gasteiger partial charge in [0.05, 0.1) is 5.60 Å². The summed E-state index contributed by atoms with van der Waals surface area (Å²) in [7, 11) is 0. The Hall–Kier alpha value is -2.97. The van der Waals surface area contributed by atoms with Gasteiger partial charge in [-0.25, -0.2) is 9.78 Å². The Kier molecular flexibility index (Phi) is 5.44. The van der Waals surface area contributed by atoms with Crippen LogP contribution >= 0.6 is 0 Å². The minimum Gasteiger partial charge on any atom is -0.435 e. The highest BCUT2D eigenvalue weighted by Gasteiger charge is 2.29. The lowest BCUT2D eigenvalue weighted by molar-refractivity contribution is 0.00377. The fourth-order valence-electron chi connectivity index (χ4n) is 3.72. The molecule has 4 rings (SSSR count). The van der Waals surface area contributed by atoms with Crippen molar-refractivity contribution < 1.29 is 14.3 Å². The molecule has 8 nitrogen and oxygen atoms in total. The number of pyridine rings is 1. The van der Waals surface area contributed by atoms with E-state index < -0.39 is 5.60 Å². The first-order valence-corrected chi connectivity index (χ1v) is 10.1. The highest BCUT2D eigenvalue weighted by molar-refractivity contribution is 5.92. The number of carbonyl (C=O) groups excluding carboxylic acids is 1. The molecule has 1 aromatic carbocycles. The van der Waals surface area contributed by atoms with Gasteiger partial charge in [0.25, 0.3) is 0 Å². The van der Waals surface area contributed by atoms with Crippen LogP contribution in [0.1, 0.15) is 20.8 Å². The molecule has 30 heavy (non-hydrogen) atoms. The molecule has 1 unspecified atom stereocenters. The largest absolute Gasteiger partial charge is 0.435 e. The van der Waals surface area contributed by atoms with Crippen molar-refractivity contribution in [2.45, 2.75) is 32.4 Å². The molecule has 158 valence electrons. The molecule has 1 aliphatic heterocycles. The molecule has 0 aliphatic carbocycles. The van der Waals surface area contributed by atoms with Crippen LogP contribution in [0.3, 0.4) is 0 Å². The van der Waals surface area contributed by atoms with Crippen LogP contribution in [0.15, 0.2) is 47.0 Å². The molecule has 0 spiro atoms. The van der Waals surface area contributed by atoms with Crippen molar-refractivity contribution in [3.05, 3.63) is 42.6 Å². The monoisotopic (exact) mass is 409 g/mol. The lowest BCUT2D eigenvalue weighted by atomic mass is 10.1. The molecule has 3 heterocycles. The molecule has 2 amide bonds. The van der Waals surface area contributed by atoms with Crippen LogP contribution in [0.2, 0.25) is 0 Å². The second-order valence-corrected chi connectivity index (χ2v) is 8.42. The molecule has 2 N–H and O–H groups in total. The maximum Gasteiger partial charge on any atom is 0.321 e. The summed E-state index contributed by atoms with van der Waals surface area (Å²) in [6, 6.07) is 11.0. The Morgan fingerprint density at radius 3 is 2.83 bits per heavy atom. The SMILES string of the molecule is CC1CN(C(=O)Nc2ccc3nc(-c4ccccn4)oc3c2)CCN1CC(C)(C)O. The minimum atomic E-state index is -0.751. The number of β-amino-alcohol motifs (C(OH)–C–C–N with tert-alkyl or cyclic N) is 1. The minimum absolute atomic E-state index is 0.145. The molecular formula is C22H27N5O3. The fourth-order valence-corrected chi connectivity index (χ4v) is 3.72. The third-order valence-corrected chi connectivity index (χ3v) is 5.17. The van der Waals surface area contributed by atoms with E-state index in [1.165, 1.54) is 0 Å². The summed E-state index contributed by atoms with van der Waals surface area (Å²) in [5.74, 6) is 0.450. The van der Waals surface area contributed by atoms with Gasteiger partial charge in [-0.1, -0.05) is 6.07 Å². The summed E-state index contributed by atoms with van der Waals surface area (Å²) in [5.41, 5.74) is 1.87. The number of benzene rings is 1. The Bertz CT molecular complexity index is 1030. The Morgan fingerprint density at radius 1 is 1.30 bits per heavy atom. The van der Waals surface area contributed by atoms with Crippen molar-refractivity contribution in [2.24, 2.45) is 0 Å². The Balaban J connectivity index is 1.42. The second-order valence-electron chi connectivity index (χ2n) is 8.42. The van der Waals surface area contributed by atoms with Gasteiger partial charge in [0, 0.05) is 50.2 Å². The number of anilines is 1. The number of nitrogens with one attached hydrogen (secondary N) is 1. The first kappa shape index (κ1) is 20.3. The molecule has 8 heteroatoms. The van der Waals surface area contributed by atoms with E-state index >= 15 is 0 Å². The molecule has 3 aromatic rings. The van der Waals surface area contributed by atoms with Gasteiger partial charge >= 0.3 is 6.03 Å². The fraction of sp³-hybridized carbons (Fsp3) is 0.409. The van der Waals surface area contributed by atoms with Crippen LogP contribution in [-0.4, -0.2) is 68.7 Å². The molecular weight excluding hydrogens is 382 g/mol. The average Bonchev–Trinajstić information content (AvgIpc) is 3.12. The molecule has 1 aliphatic rings. The number of aromatic nitrogens is 2. The van der Waals surface area contributed by atoms with Crippen molar-refractivity contribution in [2.75, 3.05) is 31.5 Å².